The van der Waals surface area contributed by atoms with Crippen LogP contribution in [0.4, 0.5) is 5.69 Å². The van der Waals surface area contributed by atoms with E-state index in [0.717, 1.165) is 16.7 Å². The summed E-state index contributed by atoms with van der Waals surface area (Å²) in [5.74, 6) is -0.217. The third-order valence-electron chi connectivity index (χ3n) is 4.05. The number of nitrogens with one attached hydrogen (secondary N) is 1. The molecule has 5 heteroatoms. The van der Waals surface area contributed by atoms with Crippen LogP contribution in [0, 0.1) is 11.3 Å². The van der Waals surface area contributed by atoms with E-state index in [9.17, 15) is 4.79 Å². The molecule has 2 aromatic carbocycles. The van der Waals surface area contributed by atoms with E-state index in [1.54, 1.807) is 42.7 Å². The summed E-state index contributed by atoms with van der Waals surface area (Å²) in [5, 5.41) is 12.0. The summed E-state index contributed by atoms with van der Waals surface area (Å²) < 4.78 is 0. The molecular formula is C21H18N4O. The molecule has 0 aliphatic rings. The molecule has 3 rings (SSSR count). The minimum atomic E-state index is -0.217. The molecule has 1 aromatic heterocycles. The molecule has 0 radical (unpaired) electrons. The lowest BCUT2D eigenvalue weighted by Crippen LogP contribution is -2.13. The molecule has 0 bridgehead atoms. The van der Waals surface area contributed by atoms with Crippen molar-refractivity contribution in [1.82, 2.24) is 4.98 Å². The number of pyridine rings is 1. The van der Waals surface area contributed by atoms with Crippen LogP contribution in [0.5, 0.6) is 0 Å². The Balaban J connectivity index is 2.01. The average molecular weight is 342 g/mol. The molecule has 1 atom stereocenters. The molecule has 5 nitrogen and oxygen atoms in total. The standard InChI is InChI=1S/C21H18N4O/c1-14(23)19-6-5-17(21(26)25-18-7-9-24-10-8-18)12-20(19)16-4-2-3-15(11-16)13-22/h2-12,14H,23H2,1H3,(H,24,25,26). The van der Waals surface area contributed by atoms with Crippen molar-refractivity contribution in [2.45, 2.75) is 13.0 Å². The van der Waals surface area contributed by atoms with Crippen molar-refractivity contribution in [2.24, 2.45) is 5.73 Å². The summed E-state index contributed by atoms with van der Waals surface area (Å²) in [6.07, 6.45) is 3.24. The number of nitrogens with zero attached hydrogens (tertiary/aromatic N) is 2. The van der Waals surface area contributed by atoms with E-state index < -0.39 is 0 Å². The highest BCUT2D eigenvalue weighted by molar-refractivity contribution is 6.05. The van der Waals surface area contributed by atoms with Gasteiger partial charge in [0.25, 0.3) is 5.91 Å². The quantitative estimate of drug-likeness (QED) is 0.752. The average Bonchev–Trinajstić information content (AvgIpc) is 2.68. The molecule has 128 valence electrons. The van der Waals surface area contributed by atoms with Crippen molar-refractivity contribution in [3.63, 3.8) is 0 Å². The second kappa shape index (κ2) is 7.60. The summed E-state index contributed by atoms with van der Waals surface area (Å²) in [4.78, 5) is 16.5. The van der Waals surface area contributed by atoms with Crippen LogP contribution in [-0.2, 0) is 0 Å². The summed E-state index contributed by atoms with van der Waals surface area (Å²) >= 11 is 0. The Morgan fingerprint density at radius 3 is 2.62 bits per heavy atom. The number of nitrogens with two attached hydrogens (primary N) is 1. The fourth-order valence-electron chi connectivity index (χ4n) is 2.74. The van der Waals surface area contributed by atoms with Crippen LogP contribution in [-0.4, -0.2) is 10.9 Å². The smallest absolute Gasteiger partial charge is 0.255 e. The van der Waals surface area contributed by atoms with Gasteiger partial charge in [-0.2, -0.15) is 5.26 Å². The first-order chi connectivity index (χ1) is 12.6. The van der Waals surface area contributed by atoms with Gasteiger partial charge in [0.05, 0.1) is 11.6 Å². The second-order valence-electron chi connectivity index (χ2n) is 5.97. The van der Waals surface area contributed by atoms with E-state index in [1.165, 1.54) is 0 Å². The zero-order valence-electron chi connectivity index (χ0n) is 14.3. The van der Waals surface area contributed by atoms with Crippen molar-refractivity contribution in [1.29, 1.82) is 5.26 Å². The highest BCUT2D eigenvalue weighted by Crippen LogP contribution is 2.29. The largest absolute Gasteiger partial charge is 0.324 e. The monoisotopic (exact) mass is 342 g/mol. The topological polar surface area (TPSA) is 91.8 Å². The number of rotatable bonds is 4. The van der Waals surface area contributed by atoms with Crippen LogP contribution < -0.4 is 11.1 Å². The van der Waals surface area contributed by atoms with Crippen molar-refractivity contribution in [2.75, 3.05) is 5.32 Å². The van der Waals surface area contributed by atoms with Gasteiger partial charge in [0.1, 0.15) is 0 Å². The minimum Gasteiger partial charge on any atom is -0.324 e. The summed E-state index contributed by atoms with van der Waals surface area (Å²) in [5.41, 5.74) is 10.5. The number of hydrogen-bond acceptors (Lipinski definition) is 4. The predicted octanol–water partition coefficient (Wildman–Crippen LogP) is 3.89. The Labute approximate surface area is 152 Å². The first-order valence-electron chi connectivity index (χ1n) is 8.20. The number of aromatic nitrogens is 1. The maximum atomic E-state index is 12.6. The molecule has 0 saturated heterocycles. The van der Waals surface area contributed by atoms with E-state index in [4.69, 9.17) is 11.0 Å². The van der Waals surface area contributed by atoms with Gasteiger partial charge in [0.15, 0.2) is 0 Å². The van der Waals surface area contributed by atoms with Crippen LogP contribution in [0.3, 0.4) is 0 Å². The van der Waals surface area contributed by atoms with Crippen LogP contribution in [0.2, 0.25) is 0 Å². The molecule has 3 aromatic rings. The first-order valence-corrected chi connectivity index (χ1v) is 8.20. The number of anilines is 1. The predicted molar refractivity (Wildman–Crippen MR) is 101 cm³/mol. The first kappa shape index (κ1) is 17.3. The van der Waals surface area contributed by atoms with Crippen molar-refractivity contribution >= 4 is 11.6 Å². The van der Waals surface area contributed by atoms with Gasteiger partial charge in [-0.25, -0.2) is 0 Å². The van der Waals surface area contributed by atoms with E-state index in [2.05, 4.69) is 16.4 Å². The van der Waals surface area contributed by atoms with E-state index in [-0.39, 0.29) is 11.9 Å². The fraction of sp³-hybridized carbons (Fsp3) is 0.0952. The maximum Gasteiger partial charge on any atom is 0.255 e. The number of amides is 1. The zero-order valence-corrected chi connectivity index (χ0v) is 14.3. The van der Waals surface area contributed by atoms with Gasteiger partial charge in [0, 0.05) is 29.7 Å². The van der Waals surface area contributed by atoms with Gasteiger partial charge in [-0.1, -0.05) is 18.2 Å². The minimum absolute atomic E-state index is 0.201. The molecule has 1 amide bonds. The summed E-state index contributed by atoms with van der Waals surface area (Å²) in [7, 11) is 0. The van der Waals surface area contributed by atoms with Crippen LogP contribution >= 0.6 is 0 Å². The SMILES string of the molecule is CC(N)c1ccc(C(=O)Nc2ccncc2)cc1-c1cccc(C#N)c1. The van der Waals surface area contributed by atoms with Gasteiger partial charge in [0.2, 0.25) is 0 Å². The summed E-state index contributed by atoms with van der Waals surface area (Å²) in [6.45, 7) is 1.89. The summed E-state index contributed by atoms with van der Waals surface area (Å²) in [6, 6.07) is 18.1. The molecule has 1 unspecified atom stereocenters. The number of benzene rings is 2. The lowest BCUT2D eigenvalue weighted by Gasteiger charge is -2.15. The lowest BCUT2D eigenvalue weighted by atomic mass is 9.93. The highest BCUT2D eigenvalue weighted by atomic mass is 16.1. The van der Waals surface area contributed by atoms with Gasteiger partial charge >= 0.3 is 0 Å². The van der Waals surface area contributed by atoms with Crippen LogP contribution in [0.1, 0.15) is 34.5 Å². The van der Waals surface area contributed by atoms with E-state index >= 15 is 0 Å². The number of nitriles is 1. The van der Waals surface area contributed by atoms with Gasteiger partial charge in [-0.3, -0.25) is 9.78 Å². The molecule has 0 aliphatic carbocycles. The van der Waals surface area contributed by atoms with Crippen LogP contribution in [0.25, 0.3) is 11.1 Å². The molecular weight excluding hydrogens is 324 g/mol. The number of hydrogen-bond donors (Lipinski definition) is 2. The van der Waals surface area contributed by atoms with Gasteiger partial charge < -0.3 is 11.1 Å². The fourth-order valence-corrected chi connectivity index (χ4v) is 2.74. The second-order valence-corrected chi connectivity index (χ2v) is 5.97. The molecule has 0 aliphatic heterocycles. The van der Waals surface area contributed by atoms with Gasteiger partial charge in [-0.15, -0.1) is 0 Å². The van der Waals surface area contributed by atoms with Crippen molar-refractivity contribution in [3.05, 3.63) is 83.7 Å². The maximum absolute atomic E-state index is 12.6. The number of carbonyl (C=O) groups is 1. The van der Waals surface area contributed by atoms with Crippen LogP contribution in [0.15, 0.2) is 67.0 Å². The highest BCUT2D eigenvalue weighted by Gasteiger charge is 2.14. The molecule has 26 heavy (non-hydrogen) atoms. The normalized spacial score (nSPS) is 11.4. The Kier molecular flexibility index (Phi) is 5.07. The van der Waals surface area contributed by atoms with Crippen molar-refractivity contribution < 1.29 is 4.79 Å². The molecule has 1 heterocycles. The third kappa shape index (κ3) is 3.77. The van der Waals surface area contributed by atoms with Crippen molar-refractivity contribution in [3.8, 4) is 17.2 Å². The van der Waals surface area contributed by atoms with E-state index in [1.807, 2.05) is 31.2 Å². The zero-order chi connectivity index (χ0) is 18.5. The number of carbonyl (C=O) groups excluding carboxylic acids is 1. The molecule has 0 fully saturated rings. The van der Waals surface area contributed by atoms with E-state index in [0.29, 0.717) is 16.8 Å². The Morgan fingerprint density at radius 1 is 1.15 bits per heavy atom. The Bertz CT molecular complexity index is 975. The van der Waals surface area contributed by atoms with Gasteiger partial charge in [-0.05, 0) is 60.0 Å². The molecule has 0 spiro atoms. The Morgan fingerprint density at radius 2 is 1.92 bits per heavy atom. The molecule has 3 N–H and O–H groups in total. The Hall–Kier alpha value is -3.49. The molecule has 0 saturated carbocycles. The lowest BCUT2D eigenvalue weighted by molar-refractivity contribution is 0.102. The third-order valence-corrected chi connectivity index (χ3v) is 4.05.